The molecule has 1 aromatic rings. The third-order valence-corrected chi connectivity index (χ3v) is 1.68. The Morgan fingerprint density at radius 1 is 1.64 bits per heavy atom. The van der Waals surface area contributed by atoms with Crippen molar-refractivity contribution in [3.8, 4) is 11.8 Å². The molecule has 0 fully saturated rings. The van der Waals surface area contributed by atoms with Crippen LogP contribution in [-0.2, 0) is 0 Å². The van der Waals surface area contributed by atoms with Crippen LogP contribution in [0.1, 0.15) is 17.3 Å². The molecular weight excluding hydrogens is 180 g/mol. The van der Waals surface area contributed by atoms with Crippen molar-refractivity contribution >= 4 is 11.5 Å². The zero-order valence-corrected chi connectivity index (χ0v) is 7.78. The number of anilines is 1. The Labute approximate surface area is 81.9 Å². The minimum atomic E-state index is -0.134. The molecule has 0 aliphatic rings. The first-order valence-corrected chi connectivity index (χ1v) is 4.05. The van der Waals surface area contributed by atoms with Gasteiger partial charge in [-0.25, -0.2) is 0 Å². The Balaban J connectivity index is 3.03. The minimum absolute atomic E-state index is 0.0792. The molecule has 0 aliphatic carbocycles. The van der Waals surface area contributed by atoms with Crippen LogP contribution < -0.4 is 10.5 Å². The molecule has 72 valence electrons. The molecule has 2 N–H and O–H groups in total. The summed E-state index contributed by atoms with van der Waals surface area (Å²) in [5.74, 6) is 0.262. The molecule has 0 radical (unpaired) electrons. The Bertz CT molecular complexity index is 394. The molecule has 4 nitrogen and oxygen atoms in total. The highest BCUT2D eigenvalue weighted by Crippen LogP contribution is 2.21. The second-order valence-electron chi connectivity index (χ2n) is 2.76. The van der Waals surface area contributed by atoms with E-state index in [4.69, 9.17) is 15.7 Å². The van der Waals surface area contributed by atoms with E-state index in [0.717, 1.165) is 0 Å². The highest BCUT2D eigenvalue weighted by molar-refractivity contribution is 5.97. The Morgan fingerprint density at radius 3 is 2.93 bits per heavy atom. The van der Waals surface area contributed by atoms with Gasteiger partial charge in [0.25, 0.3) is 0 Å². The summed E-state index contributed by atoms with van der Waals surface area (Å²) in [6, 6.07) is 6.58. The molecule has 0 atom stereocenters. The quantitative estimate of drug-likeness (QED) is 0.577. The van der Waals surface area contributed by atoms with Gasteiger partial charge in [0.05, 0.1) is 5.56 Å². The molecular formula is C10H10N2O2. The molecule has 0 saturated heterocycles. The van der Waals surface area contributed by atoms with Gasteiger partial charge in [-0.2, -0.15) is 5.26 Å². The zero-order valence-electron chi connectivity index (χ0n) is 7.78. The summed E-state index contributed by atoms with van der Waals surface area (Å²) in [6.45, 7) is 1.35. The maximum absolute atomic E-state index is 11.2. The van der Waals surface area contributed by atoms with E-state index in [9.17, 15) is 4.79 Å². The number of Topliss-reactive ketones (excluding diaryl/α,β-unsaturated/α-hetero) is 1. The van der Waals surface area contributed by atoms with E-state index < -0.39 is 0 Å². The highest BCUT2D eigenvalue weighted by atomic mass is 16.5. The van der Waals surface area contributed by atoms with Crippen LogP contribution in [0.5, 0.6) is 5.75 Å². The fourth-order valence-electron chi connectivity index (χ4n) is 1.06. The third kappa shape index (κ3) is 2.23. The second kappa shape index (κ2) is 4.28. The predicted octanol–water partition coefficient (Wildman–Crippen LogP) is 1.37. The number of nitriles is 1. The summed E-state index contributed by atoms with van der Waals surface area (Å²) >= 11 is 0. The monoisotopic (exact) mass is 190 g/mol. The number of ether oxygens (including phenoxy) is 1. The fourth-order valence-corrected chi connectivity index (χ4v) is 1.06. The van der Waals surface area contributed by atoms with Crippen LogP contribution in [0.3, 0.4) is 0 Å². The lowest BCUT2D eigenvalue weighted by molar-refractivity contribution is 0.101. The number of ketones is 1. The van der Waals surface area contributed by atoms with Gasteiger partial charge < -0.3 is 10.5 Å². The topological polar surface area (TPSA) is 76.1 Å². The number of hydrogen-bond acceptors (Lipinski definition) is 4. The van der Waals surface area contributed by atoms with E-state index in [1.54, 1.807) is 12.1 Å². The van der Waals surface area contributed by atoms with E-state index in [0.29, 0.717) is 17.0 Å². The smallest absolute Gasteiger partial charge is 0.174 e. The number of benzene rings is 1. The van der Waals surface area contributed by atoms with Crippen LogP contribution in [0.25, 0.3) is 0 Å². The lowest BCUT2D eigenvalue weighted by Crippen LogP contribution is -2.02. The molecule has 0 bridgehead atoms. The first-order valence-electron chi connectivity index (χ1n) is 4.05. The maximum Gasteiger partial charge on any atom is 0.174 e. The zero-order chi connectivity index (χ0) is 10.6. The number of carbonyl (C=O) groups excluding carboxylic acids is 1. The Hall–Kier alpha value is -2.02. The maximum atomic E-state index is 11.2. The van der Waals surface area contributed by atoms with Crippen LogP contribution in [0.15, 0.2) is 18.2 Å². The van der Waals surface area contributed by atoms with Crippen LogP contribution >= 0.6 is 0 Å². The number of nitrogens with two attached hydrogens (primary N) is 1. The van der Waals surface area contributed by atoms with E-state index >= 15 is 0 Å². The molecule has 0 saturated carbocycles. The third-order valence-electron chi connectivity index (χ3n) is 1.68. The van der Waals surface area contributed by atoms with Crippen molar-refractivity contribution in [3.63, 3.8) is 0 Å². The van der Waals surface area contributed by atoms with Crippen molar-refractivity contribution in [2.24, 2.45) is 0 Å². The molecule has 0 amide bonds. The molecule has 1 rings (SSSR count). The standard InChI is InChI=1S/C10H10N2O2/c1-7(13)9-6-8(12)2-3-10(9)14-5-4-11/h2-3,6H,5,12H2,1H3. The van der Waals surface area contributed by atoms with E-state index in [2.05, 4.69) is 0 Å². The van der Waals surface area contributed by atoms with Gasteiger partial charge in [-0.3, -0.25) is 4.79 Å². The first kappa shape index (κ1) is 10.1. The largest absolute Gasteiger partial charge is 0.478 e. The lowest BCUT2D eigenvalue weighted by atomic mass is 10.1. The normalized spacial score (nSPS) is 9.14. The average Bonchev–Trinajstić information content (AvgIpc) is 2.15. The average molecular weight is 190 g/mol. The van der Waals surface area contributed by atoms with Gasteiger partial charge in [0, 0.05) is 5.69 Å². The summed E-state index contributed by atoms with van der Waals surface area (Å²) in [7, 11) is 0. The lowest BCUT2D eigenvalue weighted by Gasteiger charge is -2.07. The van der Waals surface area contributed by atoms with E-state index in [1.165, 1.54) is 13.0 Å². The van der Waals surface area contributed by atoms with Crippen molar-refractivity contribution in [3.05, 3.63) is 23.8 Å². The summed E-state index contributed by atoms with van der Waals surface area (Å²) in [5.41, 5.74) is 6.42. The van der Waals surface area contributed by atoms with Gasteiger partial charge in [-0.15, -0.1) is 0 Å². The predicted molar refractivity (Wildman–Crippen MR) is 52.0 cm³/mol. The molecule has 1 aromatic carbocycles. The SMILES string of the molecule is CC(=O)c1cc(N)ccc1OCC#N. The molecule has 0 aromatic heterocycles. The summed E-state index contributed by atoms with van der Waals surface area (Å²) in [4.78, 5) is 11.2. The number of nitrogens with zero attached hydrogens (tertiary/aromatic N) is 1. The van der Waals surface area contributed by atoms with Crippen LogP contribution in [-0.4, -0.2) is 12.4 Å². The fraction of sp³-hybridized carbons (Fsp3) is 0.200. The van der Waals surface area contributed by atoms with E-state index in [1.807, 2.05) is 6.07 Å². The van der Waals surface area contributed by atoms with Gasteiger partial charge in [0.15, 0.2) is 12.4 Å². The molecule has 0 heterocycles. The van der Waals surface area contributed by atoms with Gasteiger partial charge >= 0.3 is 0 Å². The van der Waals surface area contributed by atoms with Crippen molar-refractivity contribution in [1.82, 2.24) is 0 Å². The highest BCUT2D eigenvalue weighted by Gasteiger charge is 2.08. The molecule has 4 heteroatoms. The second-order valence-corrected chi connectivity index (χ2v) is 2.76. The summed E-state index contributed by atoms with van der Waals surface area (Å²) < 4.78 is 5.07. The van der Waals surface area contributed by atoms with Gasteiger partial charge in [-0.1, -0.05) is 0 Å². The van der Waals surface area contributed by atoms with Gasteiger partial charge in [0.1, 0.15) is 11.8 Å². The minimum Gasteiger partial charge on any atom is -0.478 e. The molecule has 0 unspecified atom stereocenters. The van der Waals surface area contributed by atoms with Gasteiger partial charge in [-0.05, 0) is 25.1 Å². The van der Waals surface area contributed by atoms with E-state index in [-0.39, 0.29) is 12.4 Å². The van der Waals surface area contributed by atoms with Gasteiger partial charge in [0.2, 0.25) is 0 Å². The summed E-state index contributed by atoms with van der Waals surface area (Å²) in [6.07, 6.45) is 0. The van der Waals surface area contributed by atoms with Crippen molar-refractivity contribution in [2.75, 3.05) is 12.3 Å². The molecule has 0 spiro atoms. The molecule has 14 heavy (non-hydrogen) atoms. The molecule has 0 aliphatic heterocycles. The number of carbonyl (C=O) groups is 1. The number of rotatable bonds is 3. The van der Waals surface area contributed by atoms with Crippen LogP contribution in [0.4, 0.5) is 5.69 Å². The van der Waals surface area contributed by atoms with Crippen molar-refractivity contribution in [1.29, 1.82) is 5.26 Å². The number of nitrogen functional groups attached to an aromatic ring is 1. The van der Waals surface area contributed by atoms with Crippen LogP contribution in [0, 0.1) is 11.3 Å². The van der Waals surface area contributed by atoms with Crippen molar-refractivity contribution in [2.45, 2.75) is 6.92 Å². The van der Waals surface area contributed by atoms with Crippen molar-refractivity contribution < 1.29 is 9.53 Å². The summed E-state index contributed by atoms with van der Waals surface area (Å²) in [5, 5.41) is 8.33. The Kier molecular flexibility index (Phi) is 3.08. The number of hydrogen-bond donors (Lipinski definition) is 1. The Morgan fingerprint density at radius 2 is 2.36 bits per heavy atom. The van der Waals surface area contributed by atoms with Crippen LogP contribution in [0.2, 0.25) is 0 Å². The first-order chi connectivity index (χ1) is 6.65.